The van der Waals surface area contributed by atoms with Crippen LogP contribution in [0.25, 0.3) is 0 Å². The Morgan fingerprint density at radius 3 is 1.56 bits per heavy atom. The molecule has 0 aliphatic carbocycles. The molecule has 0 fully saturated rings. The number of aromatic nitrogens is 2. The summed E-state index contributed by atoms with van der Waals surface area (Å²) in [6, 6.07) is 0. The standard InChI is InChI=1S/C18H29N5O2/c1-17(2,3)12-8-20-14(24-12)10-22-16(19-7)23-11-15-21-9-13(25-15)18(4,5)6/h8-9H,10-11H2,1-7H3,(H2,19,22,23). The van der Waals surface area contributed by atoms with Gasteiger partial charge < -0.3 is 19.5 Å². The molecule has 7 nitrogen and oxygen atoms in total. The highest BCUT2D eigenvalue weighted by atomic mass is 16.4. The molecule has 2 aromatic rings. The van der Waals surface area contributed by atoms with Crippen LogP contribution in [0.1, 0.15) is 64.8 Å². The van der Waals surface area contributed by atoms with Gasteiger partial charge in [-0.1, -0.05) is 41.5 Å². The molecule has 0 saturated heterocycles. The zero-order chi connectivity index (χ0) is 18.7. The lowest BCUT2D eigenvalue weighted by Gasteiger charge is -2.13. The Morgan fingerprint density at radius 1 is 0.880 bits per heavy atom. The number of nitrogens with one attached hydrogen (secondary N) is 2. The van der Waals surface area contributed by atoms with E-state index in [9.17, 15) is 0 Å². The Kier molecular flexibility index (Phi) is 5.55. The van der Waals surface area contributed by atoms with Crippen LogP contribution in [-0.2, 0) is 23.9 Å². The van der Waals surface area contributed by atoms with Crippen LogP contribution in [0.4, 0.5) is 0 Å². The van der Waals surface area contributed by atoms with Gasteiger partial charge in [0.25, 0.3) is 0 Å². The van der Waals surface area contributed by atoms with Gasteiger partial charge in [-0.3, -0.25) is 4.99 Å². The number of aliphatic imine (C=N–C) groups is 1. The van der Waals surface area contributed by atoms with Crippen molar-refractivity contribution in [2.24, 2.45) is 4.99 Å². The van der Waals surface area contributed by atoms with Crippen LogP contribution < -0.4 is 10.6 Å². The second kappa shape index (κ2) is 7.29. The molecule has 0 bridgehead atoms. The molecule has 25 heavy (non-hydrogen) atoms. The van der Waals surface area contributed by atoms with Gasteiger partial charge in [-0.15, -0.1) is 0 Å². The molecule has 2 aromatic heterocycles. The lowest BCUT2D eigenvalue weighted by atomic mass is 9.94. The van der Waals surface area contributed by atoms with Gasteiger partial charge in [-0.25, -0.2) is 9.97 Å². The van der Waals surface area contributed by atoms with Crippen molar-refractivity contribution in [2.45, 2.75) is 65.5 Å². The van der Waals surface area contributed by atoms with E-state index in [0.717, 1.165) is 11.5 Å². The number of hydrogen-bond acceptors (Lipinski definition) is 5. The van der Waals surface area contributed by atoms with E-state index in [1.807, 2.05) is 0 Å². The molecule has 0 aliphatic heterocycles. The van der Waals surface area contributed by atoms with Crippen molar-refractivity contribution in [2.75, 3.05) is 7.05 Å². The third-order valence-electron chi connectivity index (χ3n) is 3.62. The average molecular weight is 347 g/mol. The summed E-state index contributed by atoms with van der Waals surface area (Å²) in [5.74, 6) is 3.60. The Labute approximate surface area is 149 Å². The largest absolute Gasteiger partial charge is 0.443 e. The highest BCUT2D eigenvalue weighted by Gasteiger charge is 2.20. The van der Waals surface area contributed by atoms with Gasteiger partial charge in [-0.05, 0) is 0 Å². The molecule has 0 radical (unpaired) electrons. The summed E-state index contributed by atoms with van der Waals surface area (Å²) in [6.07, 6.45) is 3.54. The van der Waals surface area contributed by atoms with Crippen LogP contribution >= 0.6 is 0 Å². The number of hydrogen-bond donors (Lipinski definition) is 2. The number of rotatable bonds is 4. The van der Waals surface area contributed by atoms with E-state index >= 15 is 0 Å². The highest BCUT2D eigenvalue weighted by Crippen LogP contribution is 2.23. The van der Waals surface area contributed by atoms with E-state index in [2.05, 4.69) is 67.1 Å². The van der Waals surface area contributed by atoms with Gasteiger partial charge in [0, 0.05) is 17.9 Å². The van der Waals surface area contributed by atoms with E-state index in [0.29, 0.717) is 30.8 Å². The first-order chi connectivity index (χ1) is 11.6. The summed E-state index contributed by atoms with van der Waals surface area (Å²) < 4.78 is 11.5. The molecule has 0 spiro atoms. The van der Waals surface area contributed by atoms with Gasteiger partial charge >= 0.3 is 0 Å². The van der Waals surface area contributed by atoms with E-state index < -0.39 is 0 Å². The molecule has 2 N–H and O–H groups in total. The first kappa shape index (κ1) is 19.0. The molecular formula is C18H29N5O2. The summed E-state index contributed by atoms with van der Waals surface area (Å²) in [5.41, 5.74) is -0.109. The Bertz CT molecular complexity index is 658. The SMILES string of the molecule is CN=C(NCc1ncc(C(C)(C)C)o1)NCc1ncc(C(C)(C)C)o1. The zero-order valence-electron chi connectivity index (χ0n) is 16.2. The normalized spacial score (nSPS) is 12.1. The fraction of sp³-hybridized carbons (Fsp3) is 0.611. The van der Waals surface area contributed by atoms with E-state index in [1.54, 1.807) is 19.4 Å². The minimum absolute atomic E-state index is 0.0547. The smallest absolute Gasteiger partial charge is 0.213 e. The first-order valence-corrected chi connectivity index (χ1v) is 8.44. The fourth-order valence-electron chi connectivity index (χ4n) is 2.02. The van der Waals surface area contributed by atoms with Crippen LogP contribution in [0, 0.1) is 0 Å². The molecule has 0 unspecified atom stereocenters. The lowest BCUT2D eigenvalue weighted by Crippen LogP contribution is -2.36. The third-order valence-corrected chi connectivity index (χ3v) is 3.62. The molecule has 0 aliphatic rings. The van der Waals surface area contributed by atoms with Gasteiger partial charge in [0.05, 0.1) is 25.5 Å². The van der Waals surface area contributed by atoms with Crippen molar-refractivity contribution in [1.29, 1.82) is 0 Å². The van der Waals surface area contributed by atoms with Gasteiger partial charge in [0.1, 0.15) is 11.5 Å². The molecular weight excluding hydrogens is 318 g/mol. The van der Waals surface area contributed by atoms with E-state index in [-0.39, 0.29) is 10.8 Å². The van der Waals surface area contributed by atoms with E-state index in [4.69, 9.17) is 8.83 Å². The number of oxazole rings is 2. The predicted octanol–water partition coefficient (Wildman–Crippen LogP) is 3.12. The third kappa shape index (κ3) is 5.34. The summed E-state index contributed by atoms with van der Waals surface area (Å²) in [4.78, 5) is 12.8. The summed E-state index contributed by atoms with van der Waals surface area (Å²) in [7, 11) is 1.71. The van der Waals surface area contributed by atoms with Crippen molar-refractivity contribution in [3.8, 4) is 0 Å². The molecule has 0 saturated carbocycles. The van der Waals surface area contributed by atoms with Gasteiger partial charge in [-0.2, -0.15) is 0 Å². The van der Waals surface area contributed by atoms with Crippen molar-refractivity contribution >= 4 is 5.96 Å². The van der Waals surface area contributed by atoms with Crippen molar-refractivity contribution < 1.29 is 8.83 Å². The van der Waals surface area contributed by atoms with Crippen LogP contribution in [0.15, 0.2) is 26.2 Å². The minimum Gasteiger partial charge on any atom is -0.443 e. The summed E-state index contributed by atoms with van der Waals surface area (Å²) in [5, 5.41) is 6.34. The maximum atomic E-state index is 5.76. The average Bonchev–Trinajstić information content (AvgIpc) is 3.15. The second-order valence-corrected chi connectivity index (χ2v) is 8.02. The molecule has 0 aromatic carbocycles. The summed E-state index contributed by atoms with van der Waals surface area (Å²) in [6.45, 7) is 13.5. The molecule has 2 heterocycles. The second-order valence-electron chi connectivity index (χ2n) is 8.02. The highest BCUT2D eigenvalue weighted by molar-refractivity contribution is 5.79. The van der Waals surface area contributed by atoms with Crippen molar-refractivity contribution in [1.82, 2.24) is 20.6 Å². The monoisotopic (exact) mass is 347 g/mol. The number of guanidine groups is 1. The first-order valence-electron chi connectivity index (χ1n) is 8.44. The summed E-state index contributed by atoms with van der Waals surface area (Å²) >= 11 is 0. The molecule has 0 amide bonds. The molecule has 7 heteroatoms. The van der Waals surface area contributed by atoms with Crippen LogP contribution in [-0.4, -0.2) is 23.0 Å². The van der Waals surface area contributed by atoms with Crippen LogP contribution in [0.2, 0.25) is 0 Å². The van der Waals surface area contributed by atoms with E-state index in [1.165, 1.54) is 0 Å². The van der Waals surface area contributed by atoms with Crippen LogP contribution in [0.3, 0.4) is 0 Å². The Balaban J connectivity index is 1.87. The van der Waals surface area contributed by atoms with Crippen molar-refractivity contribution in [3.63, 3.8) is 0 Å². The predicted molar refractivity (Wildman–Crippen MR) is 97.4 cm³/mol. The molecule has 2 rings (SSSR count). The number of nitrogens with zero attached hydrogens (tertiary/aromatic N) is 3. The Morgan fingerprint density at radius 2 is 1.28 bits per heavy atom. The lowest BCUT2D eigenvalue weighted by molar-refractivity contribution is 0.376. The van der Waals surface area contributed by atoms with Crippen LogP contribution in [0.5, 0.6) is 0 Å². The molecule has 138 valence electrons. The quantitative estimate of drug-likeness (QED) is 0.652. The maximum Gasteiger partial charge on any atom is 0.213 e. The van der Waals surface area contributed by atoms with Gasteiger partial charge in [0.15, 0.2) is 5.96 Å². The molecule has 0 atom stereocenters. The van der Waals surface area contributed by atoms with Crippen molar-refractivity contribution in [3.05, 3.63) is 35.7 Å². The minimum atomic E-state index is -0.0547. The topological polar surface area (TPSA) is 88.5 Å². The fourth-order valence-corrected chi connectivity index (χ4v) is 2.02. The van der Waals surface area contributed by atoms with Gasteiger partial charge in [0.2, 0.25) is 11.8 Å². The Hall–Kier alpha value is -2.31. The maximum absolute atomic E-state index is 5.76. The zero-order valence-corrected chi connectivity index (χ0v) is 16.2.